The molecule has 5 rings (SSSR count). The van der Waals surface area contributed by atoms with Gasteiger partial charge in [-0.1, -0.05) is 53.0 Å². The molecule has 0 fully saturated rings. The summed E-state index contributed by atoms with van der Waals surface area (Å²) in [6, 6.07) is 16.3. The molecule has 1 aliphatic heterocycles. The third kappa shape index (κ3) is 2.93. The third-order valence-corrected chi connectivity index (χ3v) is 5.79. The molecule has 0 bridgehead atoms. The second-order valence-corrected chi connectivity index (χ2v) is 7.97. The van der Waals surface area contributed by atoms with E-state index in [1.54, 1.807) is 12.3 Å². The van der Waals surface area contributed by atoms with Gasteiger partial charge in [0, 0.05) is 34.4 Å². The molecular formula is C22H18Cl2N4. The van der Waals surface area contributed by atoms with Gasteiger partial charge in [0.25, 0.3) is 0 Å². The third-order valence-electron chi connectivity index (χ3n) is 5.35. The topological polar surface area (TPSA) is 44.8 Å². The Morgan fingerprint density at radius 2 is 1.89 bits per heavy atom. The van der Waals surface area contributed by atoms with E-state index in [-0.39, 0.29) is 6.04 Å². The fourth-order valence-corrected chi connectivity index (χ4v) is 4.34. The van der Waals surface area contributed by atoms with Gasteiger partial charge >= 0.3 is 0 Å². The molecule has 2 aromatic heterocycles. The number of nitrogens with one attached hydrogen (secondary N) is 1. The van der Waals surface area contributed by atoms with Crippen LogP contribution >= 0.6 is 23.2 Å². The van der Waals surface area contributed by atoms with Crippen LogP contribution < -0.4 is 4.90 Å². The highest BCUT2D eigenvalue weighted by Gasteiger charge is 2.33. The monoisotopic (exact) mass is 408 g/mol. The second-order valence-electron chi connectivity index (χ2n) is 7.14. The van der Waals surface area contributed by atoms with Crippen LogP contribution in [0.4, 0.5) is 5.95 Å². The van der Waals surface area contributed by atoms with E-state index in [0.29, 0.717) is 11.1 Å². The molecular weight excluding hydrogens is 391 g/mol. The summed E-state index contributed by atoms with van der Waals surface area (Å²) >= 11 is 12.4. The predicted molar refractivity (Wildman–Crippen MR) is 114 cm³/mol. The number of halogens is 2. The Kier molecular flexibility index (Phi) is 4.26. The molecule has 0 saturated carbocycles. The summed E-state index contributed by atoms with van der Waals surface area (Å²) in [7, 11) is 0. The van der Waals surface area contributed by atoms with E-state index in [1.165, 1.54) is 22.1 Å². The van der Waals surface area contributed by atoms with Crippen molar-refractivity contribution in [1.29, 1.82) is 0 Å². The smallest absolute Gasteiger partial charge is 0.227 e. The van der Waals surface area contributed by atoms with Gasteiger partial charge in [0.2, 0.25) is 5.95 Å². The van der Waals surface area contributed by atoms with Crippen LogP contribution in [0, 0.1) is 6.92 Å². The molecule has 4 nitrogen and oxygen atoms in total. The Bertz CT molecular complexity index is 1170. The minimum absolute atomic E-state index is 0.0195. The molecule has 6 heteroatoms. The lowest BCUT2D eigenvalue weighted by atomic mass is 9.92. The lowest BCUT2D eigenvalue weighted by Gasteiger charge is -2.36. The van der Waals surface area contributed by atoms with E-state index < -0.39 is 0 Å². The normalized spacial score (nSPS) is 16.4. The Morgan fingerprint density at radius 3 is 2.68 bits per heavy atom. The first-order chi connectivity index (χ1) is 13.6. The van der Waals surface area contributed by atoms with Crippen LogP contribution in [-0.4, -0.2) is 21.5 Å². The molecule has 1 unspecified atom stereocenters. The zero-order valence-electron chi connectivity index (χ0n) is 15.3. The van der Waals surface area contributed by atoms with Crippen LogP contribution in [0.3, 0.4) is 0 Å². The molecule has 0 aliphatic carbocycles. The highest BCUT2D eigenvalue weighted by molar-refractivity contribution is 6.31. The summed E-state index contributed by atoms with van der Waals surface area (Å²) in [6.45, 7) is 2.89. The van der Waals surface area contributed by atoms with Crippen molar-refractivity contribution in [2.45, 2.75) is 19.4 Å². The number of aromatic nitrogens is 3. The maximum atomic E-state index is 6.27. The Balaban J connectivity index is 1.72. The maximum Gasteiger partial charge on any atom is 0.227 e. The molecule has 0 saturated heterocycles. The van der Waals surface area contributed by atoms with Gasteiger partial charge in [-0.2, -0.15) is 0 Å². The summed E-state index contributed by atoms with van der Waals surface area (Å²) in [6.07, 6.45) is 2.59. The summed E-state index contributed by atoms with van der Waals surface area (Å²) in [5.74, 6) is 0.639. The maximum absolute atomic E-state index is 6.27. The molecule has 140 valence electrons. The van der Waals surface area contributed by atoms with E-state index in [9.17, 15) is 0 Å². The van der Waals surface area contributed by atoms with Crippen molar-refractivity contribution >= 4 is 40.1 Å². The number of aryl methyl sites for hydroxylation is 1. The molecule has 0 radical (unpaired) electrons. The average Bonchev–Trinajstić information content (AvgIpc) is 3.06. The van der Waals surface area contributed by atoms with E-state index in [0.717, 1.165) is 29.2 Å². The fraction of sp³-hybridized carbons (Fsp3) is 0.182. The van der Waals surface area contributed by atoms with Gasteiger partial charge in [-0.05, 0) is 48.7 Å². The first-order valence-electron chi connectivity index (χ1n) is 9.22. The van der Waals surface area contributed by atoms with Crippen LogP contribution in [0.25, 0.3) is 10.9 Å². The van der Waals surface area contributed by atoms with Crippen molar-refractivity contribution in [1.82, 2.24) is 15.0 Å². The zero-order valence-corrected chi connectivity index (χ0v) is 16.8. The van der Waals surface area contributed by atoms with E-state index in [1.807, 2.05) is 18.2 Å². The van der Waals surface area contributed by atoms with Crippen molar-refractivity contribution in [2.75, 3.05) is 11.4 Å². The van der Waals surface area contributed by atoms with Crippen LogP contribution in [0.5, 0.6) is 0 Å². The average molecular weight is 409 g/mol. The number of fused-ring (bicyclic) bond motifs is 3. The van der Waals surface area contributed by atoms with Gasteiger partial charge in [-0.15, -0.1) is 0 Å². The Morgan fingerprint density at radius 1 is 1.07 bits per heavy atom. The first kappa shape index (κ1) is 17.5. The van der Waals surface area contributed by atoms with Crippen LogP contribution in [-0.2, 0) is 6.42 Å². The highest BCUT2D eigenvalue weighted by Crippen LogP contribution is 2.40. The molecule has 3 heterocycles. The van der Waals surface area contributed by atoms with E-state index in [4.69, 9.17) is 23.2 Å². The molecule has 0 spiro atoms. The van der Waals surface area contributed by atoms with Gasteiger partial charge in [0.1, 0.15) is 5.15 Å². The standard InChI is InChI=1S/C22H18Cl2N4/c1-13-2-4-14(5-3-13)21-20-16(17-12-15(23)6-7-18(17)26-20)9-11-28(21)22-25-10-8-19(24)27-22/h2-8,10,12,21,26H,9,11H2,1H3. The number of rotatable bonds is 2. The number of H-pyrrole nitrogens is 1. The van der Waals surface area contributed by atoms with Gasteiger partial charge in [0.15, 0.2) is 0 Å². The molecule has 28 heavy (non-hydrogen) atoms. The molecule has 4 aromatic rings. The predicted octanol–water partition coefficient (Wildman–Crippen LogP) is 5.73. The second kappa shape index (κ2) is 6.80. The Labute approximate surface area is 173 Å². The van der Waals surface area contributed by atoms with Gasteiger partial charge < -0.3 is 9.88 Å². The number of nitrogens with zero attached hydrogens (tertiary/aromatic N) is 3. The number of anilines is 1. The van der Waals surface area contributed by atoms with Crippen LogP contribution in [0.1, 0.15) is 28.4 Å². The molecule has 0 amide bonds. The first-order valence-corrected chi connectivity index (χ1v) is 9.97. The van der Waals surface area contributed by atoms with Crippen molar-refractivity contribution in [2.24, 2.45) is 0 Å². The van der Waals surface area contributed by atoms with E-state index >= 15 is 0 Å². The largest absolute Gasteiger partial charge is 0.356 e. The van der Waals surface area contributed by atoms with Crippen molar-refractivity contribution < 1.29 is 0 Å². The summed E-state index contributed by atoms with van der Waals surface area (Å²) in [5, 5.41) is 2.38. The summed E-state index contributed by atoms with van der Waals surface area (Å²) < 4.78 is 0. The van der Waals surface area contributed by atoms with Gasteiger partial charge in [0.05, 0.1) is 6.04 Å². The van der Waals surface area contributed by atoms with Crippen LogP contribution in [0.15, 0.2) is 54.7 Å². The molecule has 1 atom stereocenters. The quantitative estimate of drug-likeness (QED) is 0.431. The number of benzene rings is 2. The Hall–Kier alpha value is -2.56. The molecule has 2 aromatic carbocycles. The van der Waals surface area contributed by atoms with Crippen molar-refractivity contribution in [3.8, 4) is 0 Å². The van der Waals surface area contributed by atoms with Gasteiger partial charge in [-0.25, -0.2) is 9.97 Å². The van der Waals surface area contributed by atoms with Crippen molar-refractivity contribution in [3.05, 3.63) is 87.3 Å². The number of hydrogen-bond acceptors (Lipinski definition) is 3. The highest BCUT2D eigenvalue weighted by atomic mass is 35.5. The molecule has 1 N–H and O–H groups in total. The van der Waals surface area contributed by atoms with E-state index in [2.05, 4.69) is 51.0 Å². The number of hydrogen-bond donors (Lipinski definition) is 1. The molecule has 1 aliphatic rings. The lowest BCUT2D eigenvalue weighted by molar-refractivity contribution is 0.626. The fourth-order valence-electron chi connectivity index (χ4n) is 4.04. The SMILES string of the molecule is Cc1ccc(C2c3[nH]c4ccc(Cl)cc4c3CCN2c2nccc(Cl)n2)cc1. The minimum Gasteiger partial charge on any atom is -0.356 e. The summed E-state index contributed by atoms with van der Waals surface area (Å²) in [5.41, 5.74) is 5.99. The van der Waals surface area contributed by atoms with Crippen LogP contribution in [0.2, 0.25) is 10.2 Å². The van der Waals surface area contributed by atoms with Crippen molar-refractivity contribution in [3.63, 3.8) is 0 Å². The zero-order chi connectivity index (χ0) is 19.3. The lowest BCUT2D eigenvalue weighted by Crippen LogP contribution is -2.37. The van der Waals surface area contributed by atoms with Gasteiger partial charge in [-0.3, -0.25) is 0 Å². The number of aromatic amines is 1. The summed E-state index contributed by atoms with van der Waals surface area (Å²) in [4.78, 5) is 14.8. The minimum atomic E-state index is -0.0195.